The lowest BCUT2D eigenvalue weighted by molar-refractivity contribution is -0.0443. The van der Waals surface area contributed by atoms with Crippen molar-refractivity contribution < 1.29 is 8.78 Å². The highest BCUT2D eigenvalue weighted by Crippen LogP contribution is 2.21. The van der Waals surface area contributed by atoms with Gasteiger partial charge in [-0.3, -0.25) is 9.58 Å². The Balaban J connectivity index is 1.91. The van der Waals surface area contributed by atoms with Crippen molar-refractivity contribution in [3.63, 3.8) is 0 Å². The number of halogens is 3. The topological polar surface area (TPSA) is 21.1 Å². The number of hydrogen-bond acceptors (Lipinski definition) is 2. The smallest absolute Gasteiger partial charge is 0.279 e. The standard InChI is InChI=1S/C10H14F2IN3/c11-10(12,7-15-3-1-2-4-15)8-16-6-9(13)5-14-16/h5-6H,1-4,7-8H2. The van der Waals surface area contributed by atoms with Gasteiger partial charge < -0.3 is 0 Å². The summed E-state index contributed by atoms with van der Waals surface area (Å²) in [6.45, 7) is 1.12. The number of alkyl halides is 2. The number of rotatable bonds is 4. The van der Waals surface area contributed by atoms with E-state index in [1.165, 1.54) is 4.68 Å². The molecule has 90 valence electrons. The average Bonchev–Trinajstić information content (AvgIpc) is 2.76. The molecule has 0 bridgehead atoms. The monoisotopic (exact) mass is 341 g/mol. The zero-order valence-corrected chi connectivity index (χ0v) is 11.0. The Morgan fingerprint density at radius 2 is 2.00 bits per heavy atom. The molecule has 1 fully saturated rings. The molecule has 6 heteroatoms. The number of likely N-dealkylation sites (tertiary alicyclic amines) is 1. The van der Waals surface area contributed by atoms with Gasteiger partial charge in [0.2, 0.25) is 0 Å². The van der Waals surface area contributed by atoms with Gasteiger partial charge in [0.05, 0.1) is 16.3 Å². The molecule has 16 heavy (non-hydrogen) atoms. The first kappa shape index (κ1) is 12.2. The van der Waals surface area contributed by atoms with Crippen molar-refractivity contribution in [3.8, 4) is 0 Å². The molecule has 0 aliphatic carbocycles. The van der Waals surface area contributed by atoms with Gasteiger partial charge in [-0.2, -0.15) is 5.10 Å². The average molecular weight is 341 g/mol. The maximum atomic E-state index is 13.7. The van der Waals surface area contributed by atoms with E-state index in [0.29, 0.717) is 0 Å². The molecule has 1 aromatic heterocycles. The summed E-state index contributed by atoms with van der Waals surface area (Å²) in [4.78, 5) is 1.83. The summed E-state index contributed by atoms with van der Waals surface area (Å²) >= 11 is 2.06. The van der Waals surface area contributed by atoms with Gasteiger partial charge in [-0.05, 0) is 48.5 Å². The van der Waals surface area contributed by atoms with Crippen LogP contribution in [0.25, 0.3) is 0 Å². The first-order valence-electron chi connectivity index (χ1n) is 5.33. The molecule has 0 amide bonds. The van der Waals surface area contributed by atoms with Gasteiger partial charge in [0.15, 0.2) is 0 Å². The first-order chi connectivity index (χ1) is 7.55. The number of aromatic nitrogens is 2. The van der Waals surface area contributed by atoms with Crippen LogP contribution < -0.4 is 0 Å². The molecule has 1 aliphatic rings. The van der Waals surface area contributed by atoms with Crippen LogP contribution in [0.4, 0.5) is 8.78 Å². The Hall–Kier alpha value is -0.240. The fourth-order valence-electron chi connectivity index (χ4n) is 1.98. The van der Waals surface area contributed by atoms with Crippen LogP contribution in [0.1, 0.15) is 12.8 Å². The summed E-state index contributed by atoms with van der Waals surface area (Å²) in [5, 5.41) is 3.89. The molecule has 1 aliphatic heterocycles. The van der Waals surface area contributed by atoms with Crippen LogP contribution in [0.2, 0.25) is 0 Å². The Morgan fingerprint density at radius 3 is 2.56 bits per heavy atom. The quantitative estimate of drug-likeness (QED) is 0.783. The molecular weight excluding hydrogens is 327 g/mol. The molecule has 0 radical (unpaired) electrons. The predicted molar refractivity (Wildman–Crippen MR) is 65.6 cm³/mol. The zero-order chi connectivity index (χ0) is 11.6. The van der Waals surface area contributed by atoms with Gasteiger partial charge in [-0.25, -0.2) is 8.78 Å². The second-order valence-corrected chi connectivity index (χ2v) is 5.44. The third-order valence-corrected chi connectivity index (χ3v) is 3.21. The van der Waals surface area contributed by atoms with Crippen molar-refractivity contribution in [2.75, 3.05) is 19.6 Å². The van der Waals surface area contributed by atoms with Crippen molar-refractivity contribution in [3.05, 3.63) is 16.0 Å². The highest BCUT2D eigenvalue weighted by Gasteiger charge is 2.33. The molecule has 0 unspecified atom stereocenters. The fraction of sp³-hybridized carbons (Fsp3) is 0.700. The van der Waals surface area contributed by atoms with E-state index in [2.05, 4.69) is 27.7 Å². The molecule has 0 aromatic carbocycles. The summed E-state index contributed by atoms with van der Waals surface area (Å²) in [6.07, 6.45) is 5.30. The van der Waals surface area contributed by atoms with Crippen LogP contribution in [0.15, 0.2) is 12.4 Å². The van der Waals surface area contributed by atoms with Gasteiger partial charge >= 0.3 is 0 Å². The Labute approximate surface area is 107 Å². The second kappa shape index (κ2) is 4.95. The minimum absolute atomic E-state index is 0.149. The lowest BCUT2D eigenvalue weighted by atomic mass is 10.3. The number of nitrogens with zero attached hydrogens (tertiary/aromatic N) is 3. The van der Waals surface area contributed by atoms with Gasteiger partial charge in [-0.1, -0.05) is 0 Å². The zero-order valence-electron chi connectivity index (χ0n) is 8.87. The van der Waals surface area contributed by atoms with Crippen LogP contribution in [0, 0.1) is 3.57 Å². The van der Waals surface area contributed by atoms with E-state index in [1.807, 2.05) is 4.90 Å². The van der Waals surface area contributed by atoms with Crippen LogP contribution in [-0.2, 0) is 6.54 Å². The van der Waals surface area contributed by atoms with E-state index in [1.54, 1.807) is 12.4 Å². The van der Waals surface area contributed by atoms with E-state index in [-0.39, 0.29) is 13.1 Å². The van der Waals surface area contributed by atoms with Gasteiger partial charge in [0.25, 0.3) is 5.92 Å². The molecule has 0 atom stereocenters. The van der Waals surface area contributed by atoms with Gasteiger partial charge in [0, 0.05) is 6.20 Å². The van der Waals surface area contributed by atoms with Crippen molar-refractivity contribution >= 4 is 22.6 Å². The van der Waals surface area contributed by atoms with Crippen molar-refractivity contribution in [2.24, 2.45) is 0 Å². The number of hydrogen-bond donors (Lipinski definition) is 0. The summed E-state index contributed by atoms with van der Waals surface area (Å²) < 4.78 is 29.5. The molecule has 0 saturated carbocycles. The molecule has 1 aromatic rings. The molecular formula is C10H14F2IN3. The van der Waals surface area contributed by atoms with Crippen molar-refractivity contribution in [1.82, 2.24) is 14.7 Å². The van der Waals surface area contributed by atoms with Crippen molar-refractivity contribution in [1.29, 1.82) is 0 Å². The molecule has 0 spiro atoms. The molecule has 2 rings (SSSR count). The summed E-state index contributed by atoms with van der Waals surface area (Å²) in [7, 11) is 0. The Kier molecular flexibility index (Phi) is 3.78. The minimum Gasteiger partial charge on any atom is -0.297 e. The van der Waals surface area contributed by atoms with E-state index in [4.69, 9.17) is 0 Å². The summed E-state index contributed by atoms with van der Waals surface area (Å²) in [5.74, 6) is -2.70. The van der Waals surface area contributed by atoms with Gasteiger partial charge in [0.1, 0.15) is 6.54 Å². The summed E-state index contributed by atoms with van der Waals surface area (Å²) in [5.41, 5.74) is 0. The van der Waals surface area contributed by atoms with Crippen molar-refractivity contribution in [2.45, 2.75) is 25.3 Å². The lowest BCUT2D eigenvalue weighted by Gasteiger charge is -2.22. The molecule has 1 saturated heterocycles. The van der Waals surface area contributed by atoms with Gasteiger partial charge in [-0.15, -0.1) is 0 Å². The highest BCUT2D eigenvalue weighted by molar-refractivity contribution is 14.1. The van der Waals surface area contributed by atoms with E-state index >= 15 is 0 Å². The largest absolute Gasteiger partial charge is 0.297 e. The lowest BCUT2D eigenvalue weighted by Crippen LogP contribution is -2.38. The predicted octanol–water partition coefficient (Wildman–Crippen LogP) is 2.22. The maximum Gasteiger partial charge on any atom is 0.279 e. The Bertz CT molecular complexity index is 348. The maximum absolute atomic E-state index is 13.7. The second-order valence-electron chi connectivity index (χ2n) is 4.20. The third kappa shape index (κ3) is 3.38. The minimum atomic E-state index is -2.70. The van der Waals surface area contributed by atoms with E-state index < -0.39 is 5.92 Å². The summed E-state index contributed by atoms with van der Waals surface area (Å²) in [6, 6.07) is 0. The Morgan fingerprint density at radius 1 is 1.31 bits per heavy atom. The molecule has 2 heterocycles. The SMILES string of the molecule is FC(F)(CN1CCCC1)Cn1cc(I)cn1. The van der Waals surface area contributed by atoms with E-state index in [9.17, 15) is 8.78 Å². The fourth-order valence-corrected chi connectivity index (χ4v) is 2.43. The molecule has 0 N–H and O–H groups in total. The van der Waals surface area contributed by atoms with Crippen LogP contribution >= 0.6 is 22.6 Å². The van der Waals surface area contributed by atoms with Crippen LogP contribution in [0.5, 0.6) is 0 Å². The normalized spacial score (nSPS) is 18.2. The first-order valence-corrected chi connectivity index (χ1v) is 6.41. The molecule has 3 nitrogen and oxygen atoms in total. The highest BCUT2D eigenvalue weighted by atomic mass is 127. The van der Waals surface area contributed by atoms with Crippen LogP contribution in [0.3, 0.4) is 0 Å². The third-order valence-electron chi connectivity index (χ3n) is 2.65. The van der Waals surface area contributed by atoms with Crippen LogP contribution in [-0.4, -0.2) is 40.2 Å². The van der Waals surface area contributed by atoms with E-state index in [0.717, 1.165) is 29.5 Å².